The summed E-state index contributed by atoms with van der Waals surface area (Å²) in [6.07, 6.45) is 0. The average Bonchev–Trinajstić information content (AvgIpc) is 3.81. The van der Waals surface area contributed by atoms with Gasteiger partial charge in [-0.1, -0.05) is 170 Å². The van der Waals surface area contributed by atoms with Crippen LogP contribution in [0.4, 0.5) is 0 Å². The second kappa shape index (κ2) is 12.1. The molecule has 2 heteroatoms. The molecule has 0 aliphatic heterocycles. The molecule has 10 aromatic carbocycles. The fraction of sp³-hybridized carbons (Fsp3) is 0. The molecule has 2 aromatic heterocycles. The highest BCUT2D eigenvalue weighted by atomic mass is 32.1. The summed E-state index contributed by atoms with van der Waals surface area (Å²) in [5.74, 6) is 0. The molecule has 0 bridgehead atoms. The summed E-state index contributed by atoms with van der Waals surface area (Å²) >= 11 is 1.89. The highest BCUT2D eigenvalue weighted by Gasteiger charge is 2.25. The normalized spacial score (nSPS) is 12.1. The summed E-state index contributed by atoms with van der Waals surface area (Å²) in [7, 11) is 0. The summed E-state index contributed by atoms with van der Waals surface area (Å²) in [5, 5.41) is 10.2. The number of fused-ring (bicyclic) bond motifs is 16. The lowest BCUT2D eigenvalue weighted by atomic mass is 9.79. The molecule has 0 radical (unpaired) electrons. The number of hydrogen-bond donors (Lipinski definition) is 0. The zero-order valence-electron chi connectivity index (χ0n) is 31.4. The van der Waals surface area contributed by atoms with Crippen LogP contribution in [0.15, 0.2) is 200 Å². The minimum absolute atomic E-state index is 1.22. The zero-order valence-corrected chi connectivity index (χ0v) is 32.2. The molecule has 0 saturated carbocycles. The molecule has 0 N–H and O–H groups in total. The Labute approximate surface area is 339 Å². The predicted molar refractivity (Wildman–Crippen MR) is 249 cm³/mol. The summed E-state index contributed by atoms with van der Waals surface area (Å²) in [5.41, 5.74) is 16.2. The van der Waals surface area contributed by atoms with Gasteiger partial charge in [0.2, 0.25) is 0 Å². The van der Waals surface area contributed by atoms with Gasteiger partial charge < -0.3 is 4.57 Å². The topological polar surface area (TPSA) is 4.93 Å². The summed E-state index contributed by atoms with van der Waals surface area (Å²) < 4.78 is 5.19. The Hall–Kier alpha value is -7.26. The van der Waals surface area contributed by atoms with Gasteiger partial charge in [0, 0.05) is 41.7 Å². The van der Waals surface area contributed by atoms with E-state index in [2.05, 4.69) is 205 Å². The molecule has 2 heterocycles. The van der Waals surface area contributed by atoms with E-state index >= 15 is 0 Å². The summed E-state index contributed by atoms with van der Waals surface area (Å²) in [6, 6.07) is 74.7. The van der Waals surface area contributed by atoms with Crippen LogP contribution in [0, 0.1) is 0 Å². The van der Waals surface area contributed by atoms with E-state index < -0.39 is 0 Å². The molecule has 58 heavy (non-hydrogen) atoms. The first-order valence-corrected chi connectivity index (χ1v) is 20.8. The first-order valence-electron chi connectivity index (χ1n) is 20.0. The number of para-hydroxylation sites is 1. The zero-order chi connectivity index (χ0) is 37.9. The van der Waals surface area contributed by atoms with Crippen molar-refractivity contribution in [3.63, 3.8) is 0 Å². The predicted octanol–water partition coefficient (Wildman–Crippen LogP) is 16.1. The Kier molecular flexibility index (Phi) is 6.66. The first-order chi connectivity index (χ1) is 28.8. The number of rotatable bonds is 2. The van der Waals surface area contributed by atoms with Crippen molar-refractivity contribution in [1.29, 1.82) is 0 Å². The number of benzene rings is 10. The number of aromatic nitrogens is 1. The smallest absolute Gasteiger partial charge is 0.0619 e. The minimum atomic E-state index is 1.22. The van der Waals surface area contributed by atoms with Crippen LogP contribution in [0.25, 0.3) is 125 Å². The lowest BCUT2D eigenvalue weighted by Gasteiger charge is -2.24. The third kappa shape index (κ3) is 4.41. The van der Waals surface area contributed by atoms with Gasteiger partial charge in [0.1, 0.15) is 0 Å². The van der Waals surface area contributed by atoms with Crippen molar-refractivity contribution in [2.45, 2.75) is 0 Å². The number of nitrogens with zero attached hydrogens (tertiary/aromatic N) is 1. The maximum Gasteiger partial charge on any atom is 0.0619 e. The second-order valence-corrected chi connectivity index (χ2v) is 16.6. The standard InChI is InChI=1S/C56H33NS/c1-2-16-36-35(15-1)37-17-3-4-19-39(37)41-30-29-34(31-48(41)40-20-6-5-18-38(36)40)55-44-23-7-9-25-46(44)56(47-26-10-8-24-45(47)55)57-51-27-13-11-21-42(51)49-32-50-43-22-12-14-28-53(43)58-54(50)33-52(49)57/h1-33H. The second-order valence-electron chi connectivity index (χ2n) is 15.5. The number of thiophene rings is 1. The molecular formula is C56H33NS. The quantitative estimate of drug-likeness (QED) is 0.155. The molecule has 0 atom stereocenters. The van der Waals surface area contributed by atoms with Crippen LogP contribution >= 0.6 is 11.3 Å². The first kappa shape index (κ1) is 31.9. The van der Waals surface area contributed by atoms with E-state index in [1.165, 1.54) is 125 Å². The molecule has 0 amide bonds. The SMILES string of the molecule is c1ccc2c(c1)-c1ccccc1-c1ccc(-c3c4ccccc4c(-n4c5ccccc5c5cc6c(cc54)sc4ccccc46)c4ccccc34)cc1-c1ccccc1-2. The van der Waals surface area contributed by atoms with Crippen LogP contribution in [-0.2, 0) is 0 Å². The van der Waals surface area contributed by atoms with Crippen LogP contribution in [0.2, 0.25) is 0 Å². The molecule has 1 nitrogen and oxygen atoms in total. The maximum atomic E-state index is 2.55. The molecule has 1 aliphatic rings. The van der Waals surface area contributed by atoms with E-state index in [0.717, 1.165) is 0 Å². The monoisotopic (exact) mass is 751 g/mol. The van der Waals surface area contributed by atoms with Crippen molar-refractivity contribution in [3.05, 3.63) is 200 Å². The number of hydrogen-bond acceptors (Lipinski definition) is 1. The minimum Gasteiger partial charge on any atom is -0.308 e. The Balaban J connectivity index is 1.13. The molecule has 0 spiro atoms. The van der Waals surface area contributed by atoms with Crippen molar-refractivity contribution < 1.29 is 0 Å². The van der Waals surface area contributed by atoms with Crippen molar-refractivity contribution in [1.82, 2.24) is 4.57 Å². The van der Waals surface area contributed by atoms with E-state index in [-0.39, 0.29) is 0 Å². The van der Waals surface area contributed by atoms with Crippen molar-refractivity contribution >= 4 is 74.9 Å². The van der Waals surface area contributed by atoms with Crippen LogP contribution in [-0.4, -0.2) is 4.57 Å². The fourth-order valence-corrected chi connectivity index (χ4v) is 11.2. The highest BCUT2D eigenvalue weighted by molar-refractivity contribution is 7.25. The maximum absolute atomic E-state index is 2.55. The molecule has 12 aromatic rings. The van der Waals surface area contributed by atoms with Crippen molar-refractivity contribution in [2.75, 3.05) is 0 Å². The molecule has 0 saturated heterocycles. The largest absolute Gasteiger partial charge is 0.308 e. The molecule has 1 aliphatic carbocycles. The van der Waals surface area contributed by atoms with Gasteiger partial charge in [-0.2, -0.15) is 0 Å². The van der Waals surface area contributed by atoms with Gasteiger partial charge in [-0.3, -0.25) is 0 Å². The van der Waals surface area contributed by atoms with E-state index in [1.54, 1.807) is 0 Å². The fourth-order valence-electron chi connectivity index (χ4n) is 10.1. The average molecular weight is 752 g/mol. The summed E-state index contributed by atoms with van der Waals surface area (Å²) in [6.45, 7) is 0. The highest BCUT2D eigenvalue weighted by Crippen LogP contribution is 2.51. The van der Waals surface area contributed by atoms with Crippen LogP contribution < -0.4 is 0 Å². The lowest BCUT2D eigenvalue weighted by molar-refractivity contribution is 1.22. The molecule has 0 fully saturated rings. The van der Waals surface area contributed by atoms with Crippen LogP contribution in [0.5, 0.6) is 0 Å². The van der Waals surface area contributed by atoms with Gasteiger partial charge >= 0.3 is 0 Å². The molecular weight excluding hydrogens is 719 g/mol. The third-order valence-electron chi connectivity index (χ3n) is 12.5. The lowest BCUT2D eigenvalue weighted by Crippen LogP contribution is -2.00. The van der Waals surface area contributed by atoms with E-state index in [0.29, 0.717) is 0 Å². The summed E-state index contributed by atoms with van der Waals surface area (Å²) in [4.78, 5) is 0. The Morgan fingerprint density at radius 2 is 0.741 bits per heavy atom. The van der Waals surface area contributed by atoms with E-state index in [4.69, 9.17) is 0 Å². The third-order valence-corrected chi connectivity index (χ3v) is 13.7. The Morgan fingerprint density at radius 1 is 0.276 bits per heavy atom. The van der Waals surface area contributed by atoms with Crippen LogP contribution in [0.3, 0.4) is 0 Å². The van der Waals surface area contributed by atoms with Gasteiger partial charge in [-0.25, -0.2) is 0 Å². The Morgan fingerprint density at radius 3 is 1.34 bits per heavy atom. The van der Waals surface area contributed by atoms with Gasteiger partial charge in [-0.05, 0) is 96.7 Å². The van der Waals surface area contributed by atoms with Gasteiger partial charge in [0.05, 0.1) is 16.7 Å². The molecule has 268 valence electrons. The van der Waals surface area contributed by atoms with Crippen molar-refractivity contribution in [3.8, 4) is 61.3 Å². The molecule has 13 rings (SSSR count). The van der Waals surface area contributed by atoms with E-state index in [9.17, 15) is 0 Å². The van der Waals surface area contributed by atoms with Gasteiger partial charge in [-0.15, -0.1) is 11.3 Å². The molecule has 0 unspecified atom stereocenters. The van der Waals surface area contributed by atoms with Gasteiger partial charge in [0.15, 0.2) is 0 Å². The Bertz CT molecular complexity index is 3630. The van der Waals surface area contributed by atoms with Gasteiger partial charge in [0.25, 0.3) is 0 Å². The van der Waals surface area contributed by atoms with E-state index in [1.807, 2.05) is 11.3 Å². The van der Waals surface area contributed by atoms with Crippen molar-refractivity contribution in [2.24, 2.45) is 0 Å². The van der Waals surface area contributed by atoms with Crippen LogP contribution in [0.1, 0.15) is 0 Å².